The number of rotatable bonds is 4. The molecule has 0 radical (unpaired) electrons. The zero-order valence-electron chi connectivity index (χ0n) is 10.2. The summed E-state index contributed by atoms with van der Waals surface area (Å²) in [4.78, 5) is 9.39. The molecule has 8 heteroatoms. The van der Waals surface area contributed by atoms with Crippen LogP contribution in [0, 0.1) is 0 Å². The lowest BCUT2D eigenvalue weighted by molar-refractivity contribution is 0.726. The molecule has 0 fully saturated rings. The summed E-state index contributed by atoms with van der Waals surface area (Å²) >= 11 is 8.89. The van der Waals surface area contributed by atoms with Crippen LogP contribution in [0.2, 0.25) is 4.34 Å². The summed E-state index contributed by atoms with van der Waals surface area (Å²) in [6.45, 7) is 1.93. The zero-order chi connectivity index (χ0) is 14.0. The highest BCUT2D eigenvalue weighted by Gasteiger charge is 2.21. The third kappa shape index (κ3) is 3.73. The molecular formula is C11H14ClN5S2. The third-order valence-corrected chi connectivity index (χ3v) is 5.12. The molecule has 0 saturated carbocycles. The Kier molecular flexibility index (Phi) is 4.51. The van der Waals surface area contributed by atoms with Crippen molar-refractivity contribution in [2.24, 2.45) is 5.73 Å². The molecule has 102 valence electrons. The predicted octanol–water partition coefficient (Wildman–Crippen LogP) is 2.54. The number of halogens is 1. The summed E-state index contributed by atoms with van der Waals surface area (Å²) in [5.41, 5.74) is 17.3. The fraction of sp³-hybridized carbons (Fsp3) is 0.273. The average molecular weight is 316 g/mol. The topological polar surface area (TPSA) is 104 Å². The zero-order valence-corrected chi connectivity index (χ0v) is 12.6. The van der Waals surface area contributed by atoms with E-state index in [1.807, 2.05) is 19.1 Å². The van der Waals surface area contributed by atoms with Gasteiger partial charge in [0.1, 0.15) is 11.6 Å². The van der Waals surface area contributed by atoms with Gasteiger partial charge in [-0.25, -0.2) is 9.97 Å². The van der Waals surface area contributed by atoms with Crippen molar-refractivity contribution < 1.29 is 0 Å². The highest BCUT2D eigenvalue weighted by molar-refractivity contribution is 7.99. The van der Waals surface area contributed by atoms with Gasteiger partial charge in [0.05, 0.1) is 9.59 Å². The van der Waals surface area contributed by atoms with Crippen molar-refractivity contribution in [1.82, 2.24) is 9.97 Å². The van der Waals surface area contributed by atoms with Gasteiger partial charge in [-0.3, -0.25) is 0 Å². The summed E-state index contributed by atoms with van der Waals surface area (Å²) in [6, 6.07) is 5.26. The highest BCUT2D eigenvalue weighted by Crippen LogP contribution is 2.40. The third-order valence-electron chi connectivity index (χ3n) is 2.33. The maximum absolute atomic E-state index is 6.03. The maximum Gasteiger partial charge on any atom is 0.192 e. The first-order chi connectivity index (χ1) is 8.95. The highest BCUT2D eigenvalue weighted by atomic mass is 35.5. The second kappa shape index (κ2) is 5.96. The Balaban J connectivity index is 2.26. The molecule has 0 aliphatic carbocycles. The van der Waals surface area contributed by atoms with Crippen LogP contribution in [-0.4, -0.2) is 16.0 Å². The Morgan fingerprint density at radius 3 is 2.37 bits per heavy atom. The van der Waals surface area contributed by atoms with Gasteiger partial charge in [-0.1, -0.05) is 23.4 Å². The fourth-order valence-corrected chi connectivity index (χ4v) is 3.93. The largest absolute Gasteiger partial charge is 0.383 e. The van der Waals surface area contributed by atoms with Crippen molar-refractivity contribution in [2.45, 2.75) is 23.4 Å². The molecule has 0 bridgehead atoms. The lowest BCUT2D eigenvalue weighted by Gasteiger charge is -2.18. The van der Waals surface area contributed by atoms with Gasteiger partial charge in [-0.2, -0.15) is 0 Å². The van der Waals surface area contributed by atoms with E-state index >= 15 is 0 Å². The van der Waals surface area contributed by atoms with Crippen molar-refractivity contribution in [2.75, 3.05) is 11.5 Å². The van der Waals surface area contributed by atoms with E-state index in [0.717, 1.165) is 9.21 Å². The predicted molar refractivity (Wildman–Crippen MR) is 82.4 cm³/mol. The molecule has 2 heterocycles. The molecular weight excluding hydrogens is 302 g/mol. The van der Waals surface area contributed by atoms with Crippen LogP contribution in [0.15, 0.2) is 23.4 Å². The van der Waals surface area contributed by atoms with Crippen LogP contribution >= 0.6 is 34.7 Å². The molecule has 0 spiro atoms. The van der Waals surface area contributed by atoms with Crippen molar-refractivity contribution in [3.63, 3.8) is 0 Å². The van der Waals surface area contributed by atoms with Crippen molar-refractivity contribution >= 4 is 46.3 Å². The quantitative estimate of drug-likeness (QED) is 0.591. The van der Waals surface area contributed by atoms with E-state index in [2.05, 4.69) is 9.97 Å². The van der Waals surface area contributed by atoms with Crippen LogP contribution in [0.4, 0.5) is 11.6 Å². The molecule has 2 aromatic rings. The second-order valence-electron chi connectivity index (χ2n) is 4.04. The van der Waals surface area contributed by atoms with Crippen molar-refractivity contribution in [1.29, 1.82) is 0 Å². The normalized spacial score (nSPS) is 14.3. The summed E-state index contributed by atoms with van der Waals surface area (Å²) in [5, 5.41) is 0.531. The number of nitrogens with two attached hydrogens (primary N) is 3. The molecule has 19 heavy (non-hydrogen) atoms. The van der Waals surface area contributed by atoms with E-state index < -0.39 is 0 Å². The number of thiophene rings is 1. The lowest BCUT2D eigenvalue weighted by Crippen LogP contribution is -2.22. The number of thioether (sulfide) groups is 1. The Bertz CT molecular complexity index is 552. The number of hydrogen-bond acceptors (Lipinski definition) is 7. The molecule has 0 amide bonds. The van der Waals surface area contributed by atoms with Crippen LogP contribution in [-0.2, 0) is 0 Å². The van der Waals surface area contributed by atoms with E-state index in [0.29, 0.717) is 16.8 Å². The first-order valence-corrected chi connectivity index (χ1v) is 7.60. The van der Waals surface area contributed by atoms with Crippen LogP contribution in [0.1, 0.15) is 17.1 Å². The SMILES string of the molecule is CC(N)C(Sc1nc(N)cc(N)n1)c1ccc(Cl)s1. The summed E-state index contributed by atoms with van der Waals surface area (Å²) in [5.74, 6) is 0.699. The van der Waals surface area contributed by atoms with Gasteiger partial charge in [0.15, 0.2) is 5.16 Å². The smallest absolute Gasteiger partial charge is 0.192 e. The first kappa shape index (κ1) is 14.4. The molecule has 2 rings (SSSR count). The first-order valence-electron chi connectivity index (χ1n) is 5.53. The van der Waals surface area contributed by atoms with E-state index in [-0.39, 0.29) is 11.3 Å². The van der Waals surface area contributed by atoms with Gasteiger partial charge in [0.25, 0.3) is 0 Å². The minimum atomic E-state index is -0.0778. The van der Waals surface area contributed by atoms with E-state index in [1.54, 1.807) is 0 Å². The van der Waals surface area contributed by atoms with E-state index in [4.69, 9.17) is 28.8 Å². The molecule has 2 atom stereocenters. The lowest BCUT2D eigenvalue weighted by atomic mass is 10.2. The molecule has 6 N–H and O–H groups in total. The van der Waals surface area contributed by atoms with Gasteiger partial charge in [0.2, 0.25) is 0 Å². The number of aromatic nitrogens is 2. The van der Waals surface area contributed by atoms with Crippen LogP contribution < -0.4 is 17.2 Å². The monoisotopic (exact) mass is 315 g/mol. The van der Waals surface area contributed by atoms with Gasteiger partial charge in [0, 0.05) is 17.0 Å². The Labute approximate surface area is 124 Å². The average Bonchev–Trinajstić information content (AvgIpc) is 2.70. The molecule has 0 aliphatic heterocycles. The minimum absolute atomic E-state index is 0.0127. The second-order valence-corrected chi connectivity index (χ2v) is 6.90. The Morgan fingerprint density at radius 1 is 1.26 bits per heavy atom. The standard InChI is InChI=1S/C11H14ClN5S2/c1-5(13)10(6-2-3-7(12)18-6)19-11-16-8(14)4-9(15)17-11/h2-5,10H,13H2,1H3,(H4,14,15,16,17). The molecule has 0 aromatic carbocycles. The molecule has 0 saturated heterocycles. The number of nitrogens with zero attached hydrogens (tertiary/aromatic N) is 2. The fourth-order valence-electron chi connectivity index (χ4n) is 1.53. The maximum atomic E-state index is 6.03. The molecule has 0 aliphatic rings. The van der Waals surface area contributed by atoms with E-state index in [9.17, 15) is 0 Å². The minimum Gasteiger partial charge on any atom is -0.383 e. The summed E-state index contributed by atoms with van der Waals surface area (Å²) in [7, 11) is 0. The summed E-state index contributed by atoms with van der Waals surface area (Å²) < 4.78 is 0.731. The number of anilines is 2. The van der Waals surface area contributed by atoms with Gasteiger partial charge < -0.3 is 17.2 Å². The number of hydrogen-bond donors (Lipinski definition) is 3. The Hall–Kier alpha value is -1.02. The van der Waals surface area contributed by atoms with Gasteiger partial charge in [-0.15, -0.1) is 11.3 Å². The van der Waals surface area contributed by atoms with Crippen molar-refractivity contribution in [3.05, 3.63) is 27.4 Å². The Morgan fingerprint density at radius 2 is 1.89 bits per heavy atom. The molecule has 2 aromatic heterocycles. The molecule has 2 unspecified atom stereocenters. The van der Waals surface area contributed by atoms with Crippen LogP contribution in [0.3, 0.4) is 0 Å². The number of nitrogen functional groups attached to an aromatic ring is 2. The van der Waals surface area contributed by atoms with Crippen LogP contribution in [0.25, 0.3) is 0 Å². The molecule has 5 nitrogen and oxygen atoms in total. The van der Waals surface area contributed by atoms with Crippen LogP contribution in [0.5, 0.6) is 0 Å². The summed E-state index contributed by atoms with van der Waals surface area (Å²) in [6.07, 6.45) is 0. The van der Waals surface area contributed by atoms with Gasteiger partial charge in [-0.05, 0) is 19.1 Å². The van der Waals surface area contributed by atoms with E-state index in [1.165, 1.54) is 29.2 Å². The van der Waals surface area contributed by atoms with Gasteiger partial charge >= 0.3 is 0 Å². The van der Waals surface area contributed by atoms with Crippen molar-refractivity contribution in [3.8, 4) is 0 Å².